The molecule has 0 amide bonds. The number of ether oxygens (including phenoxy) is 1. The second kappa shape index (κ2) is 6.25. The number of halogens is 2. The lowest BCUT2D eigenvalue weighted by Gasteiger charge is -2.21. The van der Waals surface area contributed by atoms with E-state index < -0.39 is 0 Å². The standard InChI is InChI=1S/C14H19Cl2NO/c1-9(2)17-8-10-6-7-18-14(10)11-4-3-5-12(15)13(11)16/h3-5,9-10,14,17H,6-8H2,1-2H3. The van der Waals surface area contributed by atoms with E-state index in [9.17, 15) is 0 Å². The molecule has 1 fully saturated rings. The summed E-state index contributed by atoms with van der Waals surface area (Å²) in [6, 6.07) is 6.23. The Labute approximate surface area is 119 Å². The molecule has 1 heterocycles. The molecule has 1 aliphatic rings. The zero-order chi connectivity index (χ0) is 13.1. The minimum atomic E-state index is 0.0578. The van der Waals surface area contributed by atoms with Gasteiger partial charge in [0.15, 0.2) is 0 Å². The first-order chi connectivity index (χ1) is 8.59. The van der Waals surface area contributed by atoms with Crippen molar-refractivity contribution in [2.75, 3.05) is 13.2 Å². The van der Waals surface area contributed by atoms with E-state index >= 15 is 0 Å². The molecule has 2 nitrogen and oxygen atoms in total. The highest BCUT2D eigenvalue weighted by atomic mass is 35.5. The van der Waals surface area contributed by atoms with Crippen LogP contribution in [0.4, 0.5) is 0 Å². The molecule has 0 bridgehead atoms. The van der Waals surface area contributed by atoms with E-state index in [1.165, 1.54) is 0 Å². The Balaban J connectivity index is 2.13. The Morgan fingerprint density at radius 2 is 2.17 bits per heavy atom. The lowest BCUT2D eigenvalue weighted by molar-refractivity contribution is 0.0901. The maximum absolute atomic E-state index is 6.27. The van der Waals surface area contributed by atoms with Crippen molar-refractivity contribution in [3.05, 3.63) is 33.8 Å². The van der Waals surface area contributed by atoms with Crippen LogP contribution in [0.3, 0.4) is 0 Å². The number of hydrogen-bond donors (Lipinski definition) is 1. The van der Waals surface area contributed by atoms with Crippen LogP contribution in [0, 0.1) is 5.92 Å². The van der Waals surface area contributed by atoms with Gasteiger partial charge in [-0.25, -0.2) is 0 Å². The molecule has 2 rings (SSSR count). The maximum Gasteiger partial charge on any atom is 0.0880 e. The normalized spacial score (nSPS) is 23.8. The van der Waals surface area contributed by atoms with Crippen molar-refractivity contribution in [1.82, 2.24) is 5.32 Å². The second-order valence-corrected chi connectivity index (χ2v) is 5.83. The predicted octanol–water partition coefficient (Wildman–Crippen LogP) is 4.07. The highest BCUT2D eigenvalue weighted by Gasteiger charge is 2.31. The lowest BCUT2D eigenvalue weighted by Crippen LogP contribution is -2.30. The monoisotopic (exact) mass is 287 g/mol. The average molecular weight is 288 g/mol. The van der Waals surface area contributed by atoms with Crippen LogP contribution < -0.4 is 5.32 Å². The van der Waals surface area contributed by atoms with E-state index in [4.69, 9.17) is 27.9 Å². The van der Waals surface area contributed by atoms with Gasteiger partial charge in [0.25, 0.3) is 0 Å². The fourth-order valence-electron chi connectivity index (χ4n) is 2.31. The van der Waals surface area contributed by atoms with Gasteiger partial charge in [0, 0.05) is 30.7 Å². The van der Waals surface area contributed by atoms with Crippen LogP contribution in [-0.4, -0.2) is 19.2 Å². The van der Waals surface area contributed by atoms with Crippen molar-refractivity contribution >= 4 is 23.2 Å². The molecule has 1 aromatic rings. The van der Waals surface area contributed by atoms with Gasteiger partial charge in [-0.15, -0.1) is 0 Å². The first-order valence-corrected chi connectivity index (χ1v) is 7.14. The summed E-state index contributed by atoms with van der Waals surface area (Å²) in [5.41, 5.74) is 1.01. The van der Waals surface area contributed by atoms with Crippen molar-refractivity contribution in [3.63, 3.8) is 0 Å². The fraction of sp³-hybridized carbons (Fsp3) is 0.571. The van der Waals surface area contributed by atoms with Crippen molar-refractivity contribution < 1.29 is 4.74 Å². The molecule has 100 valence electrons. The zero-order valence-corrected chi connectivity index (χ0v) is 12.3. The molecule has 1 aliphatic heterocycles. The van der Waals surface area contributed by atoms with E-state index in [1.54, 1.807) is 0 Å². The largest absolute Gasteiger partial charge is 0.373 e. The van der Waals surface area contributed by atoms with Crippen molar-refractivity contribution in [2.24, 2.45) is 5.92 Å². The van der Waals surface area contributed by atoms with Gasteiger partial charge < -0.3 is 10.1 Å². The van der Waals surface area contributed by atoms with Gasteiger partial charge in [-0.1, -0.05) is 49.2 Å². The van der Waals surface area contributed by atoms with Crippen molar-refractivity contribution in [1.29, 1.82) is 0 Å². The van der Waals surface area contributed by atoms with Crippen LogP contribution in [0.1, 0.15) is 31.9 Å². The summed E-state index contributed by atoms with van der Waals surface area (Å²) >= 11 is 12.3. The van der Waals surface area contributed by atoms with Crippen LogP contribution in [0.15, 0.2) is 18.2 Å². The summed E-state index contributed by atoms with van der Waals surface area (Å²) in [4.78, 5) is 0. The molecule has 18 heavy (non-hydrogen) atoms. The first kappa shape index (κ1) is 14.1. The molecule has 0 aliphatic carbocycles. The summed E-state index contributed by atoms with van der Waals surface area (Å²) in [7, 11) is 0. The van der Waals surface area contributed by atoms with Crippen LogP contribution >= 0.6 is 23.2 Å². The molecular weight excluding hydrogens is 269 g/mol. The van der Waals surface area contributed by atoms with Crippen LogP contribution in [-0.2, 0) is 4.74 Å². The van der Waals surface area contributed by atoms with Crippen LogP contribution in [0.2, 0.25) is 10.0 Å². The van der Waals surface area contributed by atoms with Crippen molar-refractivity contribution in [3.8, 4) is 0 Å². The Hall–Kier alpha value is -0.280. The minimum Gasteiger partial charge on any atom is -0.373 e. The topological polar surface area (TPSA) is 21.3 Å². The van der Waals surface area contributed by atoms with Gasteiger partial charge in [-0.3, -0.25) is 0 Å². The number of benzene rings is 1. The van der Waals surface area contributed by atoms with Gasteiger partial charge in [-0.2, -0.15) is 0 Å². The smallest absolute Gasteiger partial charge is 0.0880 e. The van der Waals surface area contributed by atoms with Crippen LogP contribution in [0.25, 0.3) is 0 Å². The Kier molecular flexibility index (Phi) is 4.91. The van der Waals surface area contributed by atoms with E-state index in [0.29, 0.717) is 22.0 Å². The second-order valence-electron chi connectivity index (χ2n) is 5.05. The molecule has 1 aromatic carbocycles. The van der Waals surface area contributed by atoms with Gasteiger partial charge in [-0.05, 0) is 12.5 Å². The average Bonchev–Trinajstić information content (AvgIpc) is 2.78. The van der Waals surface area contributed by atoms with Gasteiger partial charge in [0.05, 0.1) is 16.1 Å². The van der Waals surface area contributed by atoms with E-state index in [0.717, 1.165) is 25.1 Å². The molecular formula is C14H19Cl2NO. The molecule has 0 aromatic heterocycles. The summed E-state index contributed by atoms with van der Waals surface area (Å²) in [6.45, 7) is 6.04. The summed E-state index contributed by atoms with van der Waals surface area (Å²) in [5, 5.41) is 4.69. The third-order valence-electron chi connectivity index (χ3n) is 3.29. The number of hydrogen-bond acceptors (Lipinski definition) is 2. The quantitative estimate of drug-likeness (QED) is 0.901. The van der Waals surface area contributed by atoms with E-state index in [2.05, 4.69) is 19.2 Å². The summed E-state index contributed by atoms with van der Waals surface area (Å²) in [5.74, 6) is 0.461. The first-order valence-electron chi connectivity index (χ1n) is 6.38. The number of nitrogens with one attached hydrogen (secondary N) is 1. The van der Waals surface area contributed by atoms with Crippen LogP contribution in [0.5, 0.6) is 0 Å². The third kappa shape index (κ3) is 3.18. The third-order valence-corrected chi connectivity index (χ3v) is 4.12. The molecule has 0 saturated carbocycles. The van der Waals surface area contributed by atoms with Gasteiger partial charge >= 0.3 is 0 Å². The van der Waals surface area contributed by atoms with E-state index in [1.807, 2.05) is 18.2 Å². The zero-order valence-electron chi connectivity index (χ0n) is 10.7. The Morgan fingerprint density at radius 3 is 2.89 bits per heavy atom. The maximum atomic E-state index is 6.27. The Morgan fingerprint density at radius 1 is 1.39 bits per heavy atom. The summed E-state index contributed by atoms with van der Waals surface area (Å²) in [6.07, 6.45) is 1.12. The molecule has 0 radical (unpaired) electrons. The highest BCUT2D eigenvalue weighted by Crippen LogP contribution is 2.39. The van der Waals surface area contributed by atoms with Gasteiger partial charge in [0.1, 0.15) is 0 Å². The molecule has 0 spiro atoms. The minimum absolute atomic E-state index is 0.0578. The molecule has 2 atom stereocenters. The Bertz CT molecular complexity index is 409. The predicted molar refractivity (Wildman–Crippen MR) is 76.4 cm³/mol. The fourth-order valence-corrected chi connectivity index (χ4v) is 2.73. The molecule has 1 N–H and O–H groups in total. The highest BCUT2D eigenvalue weighted by molar-refractivity contribution is 6.42. The van der Waals surface area contributed by atoms with Crippen molar-refractivity contribution in [2.45, 2.75) is 32.4 Å². The molecule has 1 saturated heterocycles. The van der Waals surface area contributed by atoms with E-state index in [-0.39, 0.29) is 6.10 Å². The summed E-state index contributed by atoms with van der Waals surface area (Å²) < 4.78 is 5.84. The number of rotatable bonds is 4. The molecule has 4 heteroatoms. The molecule has 2 unspecified atom stereocenters. The lowest BCUT2D eigenvalue weighted by atomic mass is 9.95. The SMILES string of the molecule is CC(C)NCC1CCOC1c1cccc(Cl)c1Cl. The van der Waals surface area contributed by atoms with Gasteiger partial charge in [0.2, 0.25) is 0 Å².